The van der Waals surface area contributed by atoms with Gasteiger partial charge in [0.05, 0.1) is 6.04 Å². The third-order valence-corrected chi connectivity index (χ3v) is 6.71. The Morgan fingerprint density at radius 3 is 1.86 bits per heavy atom. The van der Waals surface area contributed by atoms with E-state index in [-0.39, 0.29) is 56.7 Å². The summed E-state index contributed by atoms with van der Waals surface area (Å²) in [4.78, 5) is 73.4. The predicted octanol–water partition coefficient (Wildman–Crippen LogP) is -2.98. The fourth-order valence-corrected chi connectivity index (χ4v) is 4.57. The Bertz CT molecular complexity index is 1030. The topological polar surface area (TPSA) is 300 Å². The molecule has 1 saturated heterocycles. The van der Waals surface area contributed by atoms with Gasteiger partial charge in [-0.05, 0) is 57.8 Å². The second kappa shape index (κ2) is 18.4. The van der Waals surface area contributed by atoms with Crippen LogP contribution in [0.15, 0.2) is 9.98 Å². The number of carboxylic acids is 1. The van der Waals surface area contributed by atoms with Crippen molar-refractivity contribution in [3.05, 3.63) is 0 Å². The molecule has 0 aromatic carbocycles. The number of nitrogens with two attached hydrogens (primary N) is 5. The highest BCUT2D eigenvalue weighted by Gasteiger charge is 2.39. The lowest BCUT2D eigenvalue weighted by Crippen LogP contribution is -2.58. The van der Waals surface area contributed by atoms with E-state index in [9.17, 15) is 29.1 Å². The van der Waals surface area contributed by atoms with Crippen LogP contribution in [0.5, 0.6) is 0 Å². The van der Waals surface area contributed by atoms with Crippen LogP contribution in [0, 0.1) is 5.92 Å². The summed E-state index contributed by atoms with van der Waals surface area (Å²) in [7, 11) is 0. The van der Waals surface area contributed by atoms with Gasteiger partial charge in [-0.25, -0.2) is 4.79 Å². The van der Waals surface area contributed by atoms with Crippen molar-refractivity contribution in [3.8, 4) is 0 Å². The number of likely N-dealkylation sites (tertiary alicyclic amines) is 1. The molecule has 1 aliphatic heterocycles. The molecule has 0 saturated carbocycles. The highest BCUT2D eigenvalue weighted by molar-refractivity contribution is 5.95. The lowest BCUT2D eigenvalue weighted by molar-refractivity contribution is -0.145. The number of carboxylic acid groups (broad SMARTS) is 1. The van der Waals surface area contributed by atoms with Crippen molar-refractivity contribution >= 4 is 41.5 Å². The zero-order chi connectivity index (χ0) is 32.7. The minimum absolute atomic E-state index is 0.00953. The fraction of sp³-hybridized carbons (Fsp3) is 0.731. The number of amides is 4. The summed E-state index contributed by atoms with van der Waals surface area (Å²) < 4.78 is 0. The van der Waals surface area contributed by atoms with Crippen LogP contribution in [0.3, 0.4) is 0 Å². The smallest absolute Gasteiger partial charge is 0.326 e. The molecule has 0 bridgehead atoms. The lowest BCUT2D eigenvalue weighted by Gasteiger charge is -2.31. The van der Waals surface area contributed by atoms with Crippen molar-refractivity contribution in [1.82, 2.24) is 20.9 Å². The molecule has 0 unspecified atom stereocenters. The maximum Gasteiger partial charge on any atom is 0.326 e. The van der Waals surface area contributed by atoms with Crippen molar-refractivity contribution in [3.63, 3.8) is 0 Å². The first-order valence-corrected chi connectivity index (χ1v) is 14.4. The first kappa shape index (κ1) is 36.9. The molecule has 5 atom stereocenters. The number of nitrogens with one attached hydrogen (secondary N) is 3. The molecule has 43 heavy (non-hydrogen) atoms. The number of nitrogens with zero attached hydrogens (tertiary/aromatic N) is 3. The van der Waals surface area contributed by atoms with Gasteiger partial charge in [0, 0.05) is 19.6 Å². The molecule has 0 aliphatic carbocycles. The van der Waals surface area contributed by atoms with Gasteiger partial charge in [0.15, 0.2) is 11.9 Å². The van der Waals surface area contributed by atoms with E-state index in [1.807, 2.05) is 13.8 Å². The Labute approximate surface area is 251 Å². The van der Waals surface area contributed by atoms with E-state index in [2.05, 4.69) is 25.9 Å². The number of aliphatic carboxylic acids is 1. The second-order valence-corrected chi connectivity index (χ2v) is 11.0. The van der Waals surface area contributed by atoms with Gasteiger partial charge in [0.1, 0.15) is 24.2 Å². The number of aliphatic imine (C=N–C) groups is 2. The zero-order valence-corrected chi connectivity index (χ0v) is 25.3. The Hall–Kier alpha value is -4.15. The fourth-order valence-electron chi connectivity index (χ4n) is 4.57. The largest absolute Gasteiger partial charge is 0.480 e. The molecule has 0 aromatic rings. The van der Waals surface area contributed by atoms with Crippen LogP contribution in [-0.4, -0.2) is 101 Å². The molecular formula is C26H49N11O6. The standard InChI is InChI=1S/C26H49N11O6/c1-14(2)13-18(36-21(39)16(34-20(38)15(3)27)7-4-10-32-25(28)29)23(41)37-12-6-9-19(37)22(40)35-17(24(42)43)8-5-11-33-26(30)31/h14-19H,4-13,27H2,1-3H3,(H,34,38)(H,35,40)(H,36,39)(H,42,43)(H4,28,29,32)(H4,30,31,33)/t15-,16-,17-,18-,19-/m0/s1. The van der Waals surface area contributed by atoms with E-state index in [0.717, 1.165) is 0 Å². The normalized spacial score (nSPS) is 17.2. The predicted molar refractivity (Wildman–Crippen MR) is 161 cm³/mol. The maximum atomic E-state index is 13.7. The van der Waals surface area contributed by atoms with Crippen LogP contribution >= 0.6 is 0 Å². The number of carbonyl (C=O) groups excluding carboxylic acids is 4. The van der Waals surface area contributed by atoms with E-state index in [0.29, 0.717) is 25.7 Å². The van der Waals surface area contributed by atoms with Gasteiger partial charge in [0.2, 0.25) is 23.6 Å². The molecule has 17 nitrogen and oxygen atoms in total. The van der Waals surface area contributed by atoms with E-state index in [1.165, 1.54) is 11.8 Å². The summed E-state index contributed by atoms with van der Waals surface area (Å²) in [5.74, 6) is -3.67. The molecule has 17 heteroatoms. The van der Waals surface area contributed by atoms with Gasteiger partial charge in [-0.15, -0.1) is 0 Å². The minimum Gasteiger partial charge on any atom is -0.480 e. The van der Waals surface area contributed by atoms with Crippen molar-refractivity contribution in [2.75, 3.05) is 19.6 Å². The van der Waals surface area contributed by atoms with E-state index in [1.54, 1.807) is 0 Å². The molecule has 0 aromatic heterocycles. The average Bonchev–Trinajstić information content (AvgIpc) is 3.40. The first-order valence-electron chi connectivity index (χ1n) is 14.4. The van der Waals surface area contributed by atoms with Crippen LogP contribution in [0.25, 0.3) is 0 Å². The number of guanidine groups is 2. The highest BCUT2D eigenvalue weighted by atomic mass is 16.4. The summed E-state index contributed by atoms with van der Waals surface area (Å²) in [5, 5.41) is 17.5. The van der Waals surface area contributed by atoms with Crippen molar-refractivity contribution in [2.45, 2.75) is 95.9 Å². The van der Waals surface area contributed by atoms with Crippen LogP contribution in [-0.2, 0) is 24.0 Å². The third-order valence-electron chi connectivity index (χ3n) is 6.71. The molecule has 244 valence electrons. The Morgan fingerprint density at radius 1 is 0.837 bits per heavy atom. The maximum absolute atomic E-state index is 13.7. The van der Waals surface area contributed by atoms with E-state index < -0.39 is 59.8 Å². The third kappa shape index (κ3) is 13.6. The first-order chi connectivity index (χ1) is 20.1. The summed E-state index contributed by atoms with van der Waals surface area (Å²) in [6.45, 7) is 5.92. The van der Waals surface area contributed by atoms with Crippen molar-refractivity contribution in [1.29, 1.82) is 0 Å². The van der Waals surface area contributed by atoms with Gasteiger partial charge < -0.3 is 54.6 Å². The molecular weight excluding hydrogens is 562 g/mol. The molecule has 14 N–H and O–H groups in total. The molecule has 1 rings (SSSR count). The van der Waals surface area contributed by atoms with Crippen LogP contribution < -0.4 is 44.6 Å². The van der Waals surface area contributed by atoms with Crippen LogP contribution in [0.4, 0.5) is 0 Å². The number of hydrogen-bond donors (Lipinski definition) is 9. The second-order valence-electron chi connectivity index (χ2n) is 11.0. The monoisotopic (exact) mass is 611 g/mol. The SMILES string of the molecule is CC(C)C[C@H](NC(=O)[C@H](CCCN=C(N)N)NC(=O)[C@H](C)N)C(=O)N1CCC[C@H]1C(=O)N[C@@H](CCCN=C(N)N)C(=O)O. The van der Waals surface area contributed by atoms with Crippen LogP contribution in [0.2, 0.25) is 0 Å². The van der Waals surface area contributed by atoms with E-state index >= 15 is 0 Å². The molecule has 4 amide bonds. The van der Waals surface area contributed by atoms with Crippen molar-refractivity contribution < 1.29 is 29.1 Å². The minimum atomic E-state index is -1.22. The Balaban J connectivity index is 3.05. The summed E-state index contributed by atoms with van der Waals surface area (Å²) >= 11 is 0. The van der Waals surface area contributed by atoms with Gasteiger partial charge in [-0.1, -0.05) is 13.8 Å². The Morgan fingerprint density at radius 2 is 1.37 bits per heavy atom. The molecule has 0 spiro atoms. The van der Waals surface area contributed by atoms with Crippen molar-refractivity contribution in [2.24, 2.45) is 44.6 Å². The molecule has 0 radical (unpaired) electrons. The molecule has 1 fully saturated rings. The van der Waals surface area contributed by atoms with Crippen LogP contribution in [0.1, 0.15) is 65.7 Å². The van der Waals surface area contributed by atoms with Gasteiger partial charge >= 0.3 is 5.97 Å². The molecule has 1 heterocycles. The number of rotatable bonds is 18. The van der Waals surface area contributed by atoms with Gasteiger partial charge in [0.25, 0.3) is 0 Å². The average molecular weight is 612 g/mol. The van der Waals surface area contributed by atoms with E-state index in [4.69, 9.17) is 28.7 Å². The summed E-state index contributed by atoms with van der Waals surface area (Å²) in [5.41, 5.74) is 27.0. The quantitative estimate of drug-likeness (QED) is 0.0428. The summed E-state index contributed by atoms with van der Waals surface area (Å²) in [6, 6.07) is -4.98. The lowest BCUT2D eigenvalue weighted by atomic mass is 10.0. The number of carbonyl (C=O) groups is 5. The van der Waals surface area contributed by atoms with Gasteiger partial charge in [-0.3, -0.25) is 29.2 Å². The number of hydrogen-bond acceptors (Lipinski definition) is 8. The highest BCUT2D eigenvalue weighted by Crippen LogP contribution is 2.21. The van der Waals surface area contributed by atoms with Gasteiger partial charge in [-0.2, -0.15) is 0 Å². The summed E-state index contributed by atoms with van der Waals surface area (Å²) in [6.07, 6.45) is 2.06. The molecule has 1 aliphatic rings. The Kier molecular flexibility index (Phi) is 15.8. The zero-order valence-electron chi connectivity index (χ0n) is 25.3.